The lowest BCUT2D eigenvalue weighted by molar-refractivity contribution is 0.202. The Morgan fingerprint density at radius 1 is 1.19 bits per heavy atom. The smallest absolute Gasteiger partial charge is 0.119 e. The summed E-state index contributed by atoms with van der Waals surface area (Å²) in [4.78, 5) is 0. The van der Waals surface area contributed by atoms with E-state index in [1.165, 1.54) is 6.42 Å². The minimum absolute atomic E-state index is 0.729. The van der Waals surface area contributed by atoms with Crippen molar-refractivity contribution in [2.45, 2.75) is 32.6 Å². The van der Waals surface area contributed by atoms with E-state index in [1.807, 2.05) is 0 Å². The predicted octanol–water partition coefficient (Wildman–Crippen LogP) is 1.66. The van der Waals surface area contributed by atoms with Crippen molar-refractivity contribution in [2.75, 3.05) is 26.8 Å². The van der Waals surface area contributed by atoms with Crippen LogP contribution in [0.2, 0.25) is 0 Å². The fourth-order valence-electron chi connectivity index (χ4n) is 1.35. The van der Waals surface area contributed by atoms with E-state index in [4.69, 9.17) is 4.74 Å². The summed E-state index contributed by atoms with van der Waals surface area (Å²) >= 11 is 1.71. The van der Waals surface area contributed by atoms with Crippen LogP contribution >= 0.6 is 11.3 Å². The van der Waals surface area contributed by atoms with E-state index in [9.17, 15) is 0 Å². The van der Waals surface area contributed by atoms with Crippen LogP contribution in [0, 0.1) is 0 Å². The van der Waals surface area contributed by atoms with Crippen LogP contribution < -0.4 is 5.32 Å². The minimum atomic E-state index is 0.729. The van der Waals surface area contributed by atoms with Crippen LogP contribution in [-0.2, 0) is 17.6 Å². The third kappa shape index (κ3) is 5.53. The van der Waals surface area contributed by atoms with Gasteiger partial charge in [-0.25, -0.2) is 0 Å². The number of hydrogen-bond donors (Lipinski definition) is 1. The van der Waals surface area contributed by atoms with Gasteiger partial charge in [0.05, 0.1) is 6.61 Å². The van der Waals surface area contributed by atoms with E-state index in [1.54, 1.807) is 18.4 Å². The maximum atomic E-state index is 5.01. The van der Waals surface area contributed by atoms with E-state index in [2.05, 4.69) is 22.4 Å². The number of aryl methyl sites for hydroxylation is 1. The Morgan fingerprint density at radius 2 is 1.94 bits per heavy atom. The largest absolute Gasteiger partial charge is 0.384 e. The molecule has 16 heavy (non-hydrogen) atoms. The molecule has 1 aromatic rings. The first kappa shape index (κ1) is 13.5. The Morgan fingerprint density at radius 3 is 2.62 bits per heavy atom. The van der Waals surface area contributed by atoms with Crippen molar-refractivity contribution in [3.05, 3.63) is 10.0 Å². The van der Waals surface area contributed by atoms with Crippen LogP contribution in [0.25, 0.3) is 0 Å². The molecule has 0 aliphatic rings. The fourth-order valence-corrected chi connectivity index (χ4v) is 2.21. The number of ether oxygens (including phenoxy) is 1. The highest BCUT2D eigenvalue weighted by Gasteiger charge is 2.03. The molecule has 0 aliphatic carbocycles. The molecule has 0 radical (unpaired) electrons. The Balaban J connectivity index is 2.14. The maximum absolute atomic E-state index is 5.01. The molecule has 0 fully saturated rings. The average molecular weight is 243 g/mol. The van der Waals surface area contributed by atoms with Crippen LogP contribution in [-0.4, -0.2) is 37.0 Å². The molecule has 1 heterocycles. The molecule has 1 N–H and O–H groups in total. The van der Waals surface area contributed by atoms with E-state index < -0.39 is 0 Å². The maximum Gasteiger partial charge on any atom is 0.119 e. The van der Waals surface area contributed by atoms with Crippen molar-refractivity contribution in [3.8, 4) is 0 Å². The molecule has 0 atom stereocenters. The standard InChI is InChI=1S/C11H21N3OS/c1-3-7-12-8-4-5-10-13-14-11(16-10)6-9-15-2/h12H,3-9H2,1-2H3. The Hall–Kier alpha value is -0.520. The van der Waals surface area contributed by atoms with Gasteiger partial charge in [0.2, 0.25) is 0 Å². The third-order valence-corrected chi connectivity index (χ3v) is 3.24. The van der Waals surface area contributed by atoms with Crippen LogP contribution in [0.3, 0.4) is 0 Å². The summed E-state index contributed by atoms with van der Waals surface area (Å²) in [5.41, 5.74) is 0. The van der Waals surface area contributed by atoms with Gasteiger partial charge in [0.1, 0.15) is 10.0 Å². The number of nitrogens with zero attached hydrogens (tertiary/aromatic N) is 2. The van der Waals surface area contributed by atoms with Gasteiger partial charge in [-0.2, -0.15) is 0 Å². The van der Waals surface area contributed by atoms with Crippen molar-refractivity contribution in [3.63, 3.8) is 0 Å². The van der Waals surface area contributed by atoms with E-state index >= 15 is 0 Å². The van der Waals surface area contributed by atoms with Gasteiger partial charge in [0, 0.05) is 20.0 Å². The van der Waals surface area contributed by atoms with E-state index in [0.717, 1.165) is 49.0 Å². The monoisotopic (exact) mass is 243 g/mol. The van der Waals surface area contributed by atoms with Crippen LogP contribution in [0.5, 0.6) is 0 Å². The summed E-state index contributed by atoms with van der Waals surface area (Å²) in [7, 11) is 1.71. The lowest BCUT2D eigenvalue weighted by Gasteiger charge is -1.99. The molecule has 1 aromatic heterocycles. The van der Waals surface area contributed by atoms with Crippen LogP contribution in [0.1, 0.15) is 29.8 Å². The Kier molecular flexibility index (Phi) is 7.29. The zero-order chi connectivity index (χ0) is 11.6. The molecular formula is C11H21N3OS. The number of rotatable bonds is 9. The third-order valence-electron chi connectivity index (χ3n) is 2.20. The topological polar surface area (TPSA) is 47.0 Å². The summed E-state index contributed by atoms with van der Waals surface area (Å²) in [5.74, 6) is 0. The Labute approximate surface area is 101 Å². The highest BCUT2D eigenvalue weighted by molar-refractivity contribution is 7.11. The molecule has 4 nitrogen and oxygen atoms in total. The molecule has 0 unspecified atom stereocenters. The van der Waals surface area contributed by atoms with E-state index in [-0.39, 0.29) is 0 Å². The second kappa shape index (κ2) is 8.61. The number of methoxy groups -OCH3 is 1. The van der Waals surface area contributed by atoms with Gasteiger partial charge in [-0.05, 0) is 25.9 Å². The normalized spacial score (nSPS) is 10.9. The minimum Gasteiger partial charge on any atom is -0.384 e. The van der Waals surface area contributed by atoms with Crippen LogP contribution in [0.4, 0.5) is 0 Å². The molecule has 0 saturated carbocycles. The van der Waals surface area contributed by atoms with Gasteiger partial charge in [0.25, 0.3) is 0 Å². The van der Waals surface area contributed by atoms with Crippen molar-refractivity contribution in [1.29, 1.82) is 0 Å². The average Bonchev–Trinajstić information content (AvgIpc) is 2.74. The van der Waals surface area contributed by atoms with Gasteiger partial charge in [-0.15, -0.1) is 21.5 Å². The fraction of sp³-hybridized carbons (Fsp3) is 0.818. The van der Waals surface area contributed by atoms with Crippen molar-refractivity contribution in [1.82, 2.24) is 15.5 Å². The Bertz CT molecular complexity index is 278. The molecule has 1 rings (SSSR count). The van der Waals surface area contributed by atoms with Gasteiger partial charge >= 0.3 is 0 Å². The molecule has 0 saturated heterocycles. The zero-order valence-electron chi connectivity index (χ0n) is 10.2. The summed E-state index contributed by atoms with van der Waals surface area (Å²) in [6, 6.07) is 0. The lowest BCUT2D eigenvalue weighted by Crippen LogP contribution is -2.16. The van der Waals surface area contributed by atoms with E-state index in [0.29, 0.717) is 0 Å². The molecule has 0 amide bonds. The molecule has 92 valence electrons. The molecular weight excluding hydrogens is 222 g/mol. The second-order valence-electron chi connectivity index (χ2n) is 3.69. The second-order valence-corrected chi connectivity index (χ2v) is 4.83. The highest BCUT2D eigenvalue weighted by Crippen LogP contribution is 2.11. The van der Waals surface area contributed by atoms with Crippen LogP contribution in [0.15, 0.2) is 0 Å². The van der Waals surface area contributed by atoms with Crippen molar-refractivity contribution >= 4 is 11.3 Å². The molecule has 0 aromatic carbocycles. The van der Waals surface area contributed by atoms with Crippen molar-refractivity contribution in [2.24, 2.45) is 0 Å². The first-order chi connectivity index (χ1) is 7.86. The molecule has 0 aliphatic heterocycles. The summed E-state index contributed by atoms with van der Waals surface area (Å²) in [6.07, 6.45) is 4.24. The zero-order valence-corrected chi connectivity index (χ0v) is 11.0. The number of nitrogens with one attached hydrogen (secondary N) is 1. The quantitative estimate of drug-likeness (QED) is 0.670. The molecule has 5 heteroatoms. The van der Waals surface area contributed by atoms with Gasteiger partial charge < -0.3 is 10.1 Å². The van der Waals surface area contributed by atoms with Gasteiger partial charge in [-0.1, -0.05) is 6.92 Å². The summed E-state index contributed by atoms with van der Waals surface area (Å²) in [5, 5.41) is 13.9. The number of aromatic nitrogens is 2. The molecule has 0 bridgehead atoms. The summed E-state index contributed by atoms with van der Waals surface area (Å²) < 4.78 is 5.01. The van der Waals surface area contributed by atoms with Gasteiger partial charge in [0.15, 0.2) is 0 Å². The SMILES string of the molecule is CCCNCCCc1nnc(CCOC)s1. The lowest BCUT2D eigenvalue weighted by atomic mass is 10.3. The highest BCUT2D eigenvalue weighted by atomic mass is 32.1. The first-order valence-electron chi connectivity index (χ1n) is 5.87. The van der Waals surface area contributed by atoms with Gasteiger partial charge in [-0.3, -0.25) is 0 Å². The molecule has 0 spiro atoms. The first-order valence-corrected chi connectivity index (χ1v) is 6.69. The predicted molar refractivity (Wildman–Crippen MR) is 67.0 cm³/mol. The summed E-state index contributed by atoms with van der Waals surface area (Å²) in [6.45, 7) is 5.09. The van der Waals surface area contributed by atoms with Crippen molar-refractivity contribution < 1.29 is 4.74 Å². The number of hydrogen-bond acceptors (Lipinski definition) is 5.